The summed E-state index contributed by atoms with van der Waals surface area (Å²) in [4.78, 5) is 8.27. The lowest BCUT2D eigenvalue weighted by atomic mass is 10.3. The molecule has 1 aliphatic carbocycles. The zero-order chi connectivity index (χ0) is 7.84. The molecule has 0 bridgehead atoms. The minimum Gasteiger partial charge on any atom is -0.382 e. The van der Waals surface area contributed by atoms with E-state index in [1.165, 1.54) is 12.8 Å². The first-order chi connectivity index (χ1) is 5.27. The molecule has 0 saturated heterocycles. The molecule has 0 aromatic carbocycles. The number of aromatic nitrogens is 2. The van der Waals surface area contributed by atoms with Gasteiger partial charge in [0.05, 0.1) is 11.9 Å². The molecule has 58 valence electrons. The second kappa shape index (κ2) is 2.44. The van der Waals surface area contributed by atoms with Crippen molar-refractivity contribution in [3.8, 4) is 0 Å². The van der Waals surface area contributed by atoms with Gasteiger partial charge in [-0.3, -0.25) is 0 Å². The van der Waals surface area contributed by atoms with Crippen LogP contribution in [-0.2, 0) is 0 Å². The highest BCUT2D eigenvalue weighted by Gasteiger charge is 2.27. The maximum Gasteiger partial charge on any atom is 0.145 e. The quantitative estimate of drug-likeness (QED) is 0.773. The van der Waals surface area contributed by atoms with Crippen molar-refractivity contribution in [1.82, 2.24) is 9.97 Å². The molecule has 2 rings (SSSR count). The highest BCUT2D eigenvalue weighted by Crippen LogP contribution is 2.41. The fourth-order valence-corrected chi connectivity index (χ4v) is 1.34. The Balaban J connectivity index is 2.42. The van der Waals surface area contributed by atoms with Crippen molar-refractivity contribution < 1.29 is 0 Å². The van der Waals surface area contributed by atoms with Crippen LogP contribution in [0.3, 0.4) is 0 Å². The summed E-state index contributed by atoms with van der Waals surface area (Å²) in [5.74, 6) is 1.15. The molecule has 1 aromatic heterocycles. The molecule has 3 nitrogen and oxygen atoms in total. The number of nitrogen functional groups attached to an aromatic ring is 1. The number of halogens is 1. The second-order valence-corrected chi connectivity index (χ2v) is 3.55. The molecule has 0 amide bonds. The average Bonchev–Trinajstić information content (AvgIpc) is 2.76. The second-order valence-electron chi connectivity index (χ2n) is 2.74. The van der Waals surface area contributed by atoms with Crippen LogP contribution in [0.2, 0.25) is 0 Å². The summed E-state index contributed by atoms with van der Waals surface area (Å²) in [5, 5.41) is 0. The molecule has 1 aromatic rings. The summed E-state index contributed by atoms with van der Waals surface area (Å²) in [6.07, 6.45) is 4.03. The van der Waals surface area contributed by atoms with E-state index in [1.807, 2.05) is 0 Å². The summed E-state index contributed by atoms with van der Waals surface area (Å²) in [6, 6.07) is 0. The van der Waals surface area contributed by atoms with E-state index in [0.717, 1.165) is 10.3 Å². The van der Waals surface area contributed by atoms with Crippen LogP contribution in [0.25, 0.3) is 0 Å². The van der Waals surface area contributed by atoms with Crippen LogP contribution in [0.4, 0.5) is 5.82 Å². The van der Waals surface area contributed by atoms with Crippen molar-refractivity contribution in [2.24, 2.45) is 0 Å². The van der Waals surface area contributed by atoms with E-state index in [-0.39, 0.29) is 0 Å². The van der Waals surface area contributed by atoms with Crippen LogP contribution in [0.15, 0.2) is 10.8 Å². The predicted octanol–water partition coefficient (Wildman–Crippen LogP) is 1.70. The van der Waals surface area contributed by atoms with Crippen molar-refractivity contribution in [2.75, 3.05) is 5.73 Å². The zero-order valence-corrected chi connectivity index (χ0v) is 7.50. The lowest BCUT2D eigenvalue weighted by Gasteiger charge is -2.00. The van der Waals surface area contributed by atoms with Gasteiger partial charge in [0, 0.05) is 5.92 Å². The van der Waals surface area contributed by atoms with Crippen molar-refractivity contribution in [2.45, 2.75) is 18.8 Å². The Morgan fingerprint density at radius 3 is 2.91 bits per heavy atom. The highest BCUT2D eigenvalue weighted by molar-refractivity contribution is 9.10. The van der Waals surface area contributed by atoms with Gasteiger partial charge in [0.2, 0.25) is 0 Å². The molecule has 1 heterocycles. The standard InChI is InChI=1S/C7H8BrN3/c8-5-3-10-7(9)6(11-5)4-1-2-4/h3-4H,1-2H2,(H2,9,10). The third-order valence-electron chi connectivity index (χ3n) is 1.76. The lowest BCUT2D eigenvalue weighted by molar-refractivity contribution is 0.982. The lowest BCUT2D eigenvalue weighted by Crippen LogP contribution is -1.99. The summed E-state index contributed by atoms with van der Waals surface area (Å²) >= 11 is 3.26. The van der Waals surface area contributed by atoms with Crippen LogP contribution >= 0.6 is 15.9 Å². The van der Waals surface area contributed by atoms with Crippen LogP contribution in [0.5, 0.6) is 0 Å². The first-order valence-electron chi connectivity index (χ1n) is 3.55. The van der Waals surface area contributed by atoms with E-state index in [9.17, 15) is 0 Å². The third kappa shape index (κ3) is 1.35. The number of nitrogens with zero attached hydrogens (tertiary/aromatic N) is 2. The molecule has 0 aliphatic heterocycles. The highest BCUT2D eigenvalue weighted by atomic mass is 79.9. The van der Waals surface area contributed by atoms with E-state index in [0.29, 0.717) is 11.7 Å². The van der Waals surface area contributed by atoms with Gasteiger partial charge in [-0.25, -0.2) is 9.97 Å². The number of hydrogen-bond donors (Lipinski definition) is 1. The maximum atomic E-state index is 5.64. The zero-order valence-electron chi connectivity index (χ0n) is 5.92. The Morgan fingerprint density at radius 1 is 1.55 bits per heavy atom. The van der Waals surface area contributed by atoms with Gasteiger partial charge in [0.25, 0.3) is 0 Å². The molecule has 1 fully saturated rings. The van der Waals surface area contributed by atoms with Crippen molar-refractivity contribution >= 4 is 21.7 Å². The number of hydrogen-bond acceptors (Lipinski definition) is 3. The van der Waals surface area contributed by atoms with Gasteiger partial charge in [-0.1, -0.05) is 0 Å². The first kappa shape index (κ1) is 7.03. The smallest absolute Gasteiger partial charge is 0.145 e. The molecular weight excluding hydrogens is 206 g/mol. The fourth-order valence-electron chi connectivity index (χ4n) is 1.05. The molecule has 0 spiro atoms. The average molecular weight is 214 g/mol. The fraction of sp³-hybridized carbons (Fsp3) is 0.429. The Hall–Kier alpha value is -0.640. The summed E-state index contributed by atoms with van der Waals surface area (Å²) in [5.41, 5.74) is 6.59. The normalized spacial score (nSPS) is 16.8. The van der Waals surface area contributed by atoms with Crippen molar-refractivity contribution in [3.63, 3.8) is 0 Å². The Bertz CT molecular complexity index is 283. The van der Waals surface area contributed by atoms with Crippen LogP contribution < -0.4 is 5.73 Å². The number of anilines is 1. The van der Waals surface area contributed by atoms with E-state index in [4.69, 9.17) is 5.73 Å². The molecule has 1 aliphatic rings. The molecule has 0 radical (unpaired) electrons. The largest absolute Gasteiger partial charge is 0.382 e. The van der Waals surface area contributed by atoms with Gasteiger partial charge in [-0.15, -0.1) is 0 Å². The van der Waals surface area contributed by atoms with Gasteiger partial charge in [0.1, 0.15) is 10.4 Å². The van der Waals surface area contributed by atoms with E-state index in [2.05, 4.69) is 25.9 Å². The molecule has 4 heteroatoms. The first-order valence-corrected chi connectivity index (χ1v) is 4.34. The molecule has 1 saturated carbocycles. The van der Waals surface area contributed by atoms with Crippen LogP contribution in [-0.4, -0.2) is 9.97 Å². The molecule has 0 atom stereocenters. The van der Waals surface area contributed by atoms with Gasteiger partial charge in [0.15, 0.2) is 0 Å². The van der Waals surface area contributed by atoms with Gasteiger partial charge < -0.3 is 5.73 Å². The Kier molecular flexibility index (Phi) is 1.56. The number of rotatable bonds is 1. The van der Waals surface area contributed by atoms with Crippen LogP contribution in [0.1, 0.15) is 24.5 Å². The number of nitrogens with two attached hydrogens (primary N) is 1. The summed E-state index contributed by atoms with van der Waals surface area (Å²) < 4.78 is 0.772. The minimum atomic E-state index is 0.569. The Morgan fingerprint density at radius 2 is 2.27 bits per heavy atom. The summed E-state index contributed by atoms with van der Waals surface area (Å²) in [7, 11) is 0. The Labute approximate surface area is 73.2 Å². The molecule has 0 unspecified atom stereocenters. The topological polar surface area (TPSA) is 51.8 Å². The van der Waals surface area contributed by atoms with E-state index in [1.54, 1.807) is 6.20 Å². The maximum absolute atomic E-state index is 5.64. The van der Waals surface area contributed by atoms with Gasteiger partial charge in [-0.2, -0.15) is 0 Å². The van der Waals surface area contributed by atoms with Gasteiger partial charge in [-0.05, 0) is 28.8 Å². The van der Waals surface area contributed by atoms with E-state index >= 15 is 0 Å². The van der Waals surface area contributed by atoms with E-state index < -0.39 is 0 Å². The molecule has 2 N–H and O–H groups in total. The van der Waals surface area contributed by atoms with Crippen molar-refractivity contribution in [3.05, 3.63) is 16.5 Å². The van der Waals surface area contributed by atoms with Crippen LogP contribution in [0, 0.1) is 0 Å². The molecular formula is C7H8BrN3. The monoisotopic (exact) mass is 213 g/mol. The van der Waals surface area contributed by atoms with Gasteiger partial charge >= 0.3 is 0 Å². The molecule has 11 heavy (non-hydrogen) atoms. The summed E-state index contributed by atoms with van der Waals surface area (Å²) in [6.45, 7) is 0. The van der Waals surface area contributed by atoms with Crippen molar-refractivity contribution in [1.29, 1.82) is 0 Å². The SMILES string of the molecule is Nc1ncc(Br)nc1C1CC1. The third-order valence-corrected chi connectivity index (χ3v) is 2.15. The minimum absolute atomic E-state index is 0.569. The predicted molar refractivity (Wildman–Crippen MR) is 46.1 cm³/mol.